The number of hydrogen-bond donors (Lipinski definition) is 2. The zero-order chi connectivity index (χ0) is 22.7. The Labute approximate surface area is 196 Å². The maximum Gasteiger partial charge on any atom is 0.261 e. The van der Waals surface area contributed by atoms with Crippen molar-refractivity contribution in [2.75, 3.05) is 18.0 Å². The summed E-state index contributed by atoms with van der Waals surface area (Å²) in [5, 5.41) is 20.2. The molecule has 8 heteroatoms. The number of fused-ring (bicyclic) bond motifs is 2. The van der Waals surface area contributed by atoms with Crippen molar-refractivity contribution in [1.29, 1.82) is 5.26 Å². The van der Waals surface area contributed by atoms with Gasteiger partial charge in [0.05, 0.1) is 16.6 Å². The Morgan fingerprint density at radius 2 is 2.12 bits per heavy atom. The first-order valence-electron chi connectivity index (χ1n) is 11.6. The highest BCUT2D eigenvalue weighted by molar-refractivity contribution is 7.14. The van der Waals surface area contributed by atoms with Crippen LogP contribution in [0.5, 0.6) is 0 Å². The Hall–Kier alpha value is -3.18. The molecule has 6 rings (SSSR count). The zero-order valence-corrected chi connectivity index (χ0v) is 19.6. The highest BCUT2D eigenvalue weighted by atomic mass is 32.1. The van der Waals surface area contributed by atoms with E-state index < -0.39 is 0 Å². The van der Waals surface area contributed by atoms with E-state index in [-0.39, 0.29) is 11.9 Å². The second-order valence-corrected chi connectivity index (χ2v) is 10.7. The van der Waals surface area contributed by atoms with Gasteiger partial charge in [0.25, 0.3) is 5.91 Å². The van der Waals surface area contributed by atoms with Crippen molar-refractivity contribution in [3.63, 3.8) is 0 Å². The number of amides is 1. The van der Waals surface area contributed by atoms with E-state index in [0.29, 0.717) is 16.2 Å². The summed E-state index contributed by atoms with van der Waals surface area (Å²) in [4.78, 5) is 21.4. The van der Waals surface area contributed by atoms with Gasteiger partial charge in [-0.25, -0.2) is 4.98 Å². The van der Waals surface area contributed by atoms with Gasteiger partial charge < -0.3 is 10.2 Å². The molecule has 33 heavy (non-hydrogen) atoms. The van der Waals surface area contributed by atoms with Gasteiger partial charge >= 0.3 is 0 Å². The highest BCUT2D eigenvalue weighted by Gasteiger charge is 2.45. The van der Waals surface area contributed by atoms with Crippen LogP contribution in [0.4, 0.5) is 5.82 Å². The molecule has 1 saturated carbocycles. The summed E-state index contributed by atoms with van der Waals surface area (Å²) in [6, 6.07) is 8.29. The molecule has 2 aliphatic carbocycles. The minimum absolute atomic E-state index is 0.0795. The number of H-pyrrole nitrogens is 1. The summed E-state index contributed by atoms with van der Waals surface area (Å²) in [5.74, 6) is 2.65. The molecule has 2 N–H and O–H groups in total. The first-order valence-corrected chi connectivity index (χ1v) is 12.4. The van der Waals surface area contributed by atoms with Crippen molar-refractivity contribution in [2.24, 2.45) is 11.8 Å². The number of nitrogens with zero attached hydrogens (tertiary/aromatic N) is 4. The molecule has 2 unspecified atom stereocenters. The number of nitrogens with one attached hydrogen (secondary N) is 2. The maximum atomic E-state index is 13.0. The molecule has 1 aliphatic heterocycles. The van der Waals surface area contributed by atoms with Gasteiger partial charge in [0.15, 0.2) is 0 Å². The minimum atomic E-state index is -0.140. The van der Waals surface area contributed by atoms with Gasteiger partial charge in [-0.15, -0.1) is 11.3 Å². The van der Waals surface area contributed by atoms with Crippen molar-refractivity contribution < 1.29 is 4.79 Å². The molecule has 4 heterocycles. The lowest BCUT2D eigenvalue weighted by atomic mass is 10.0. The molecule has 0 spiro atoms. The molecule has 2 fully saturated rings. The lowest BCUT2D eigenvalue weighted by Crippen LogP contribution is -2.26. The Bertz CT molecular complexity index is 1290. The summed E-state index contributed by atoms with van der Waals surface area (Å²) in [6.45, 7) is 6.29. The smallest absolute Gasteiger partial charge is 0.261 e. The van der Waals surface area contributed by atoms with Crippen molar-refractivity contribution in [3.8, 4) is 6.07 Å². The molecule has 1 amide bonds. The number of aromatic nitrogens is 3. The van der Waals surface area contributed by atoms with Gasteiger partial charge in [0.1, 0.15) is 16.8 Å². The summed E-state index contributed by atoms with van der Waals surface area (Å²) in [5.41, 5.74) is 6.19. The zero-order valence-electron chi connectivity index (χ0n) is 18.8. The standard InChI is InChI=1S/C25H26N6OS/c1-13-15(3-6-23(27-13)31-11-17-8-18(17)12-31)7-16-9-21(33-22(16)10-26)25(32)28-20-5-4-19-14(2)29-30-24(19)20/h3,6,9,17-18,20H,4-5,7-8,11-12H2,1-2H3,(H,28,32)(H,29,30)/t17?,18?,20-/m1/s1. The first kappa shape index (κ1) is 20.4. The minimum Gasteiger partial charge on any atom is -0.356 e. The van der Waals surface area contributed by atoms with Crippen molar-refractivity contribution in [3.05, 3.63) is 61.7 Å². The van der Waals surface area contributed by atoms with Gasteiger partial charge in [-0.05, 0) is 73.8 Å². The average Bonchev–Trinajstić information content (AvgIpc) is 3.23. The van der Waals surface area contributed by atoms with Crippen LogP contribution in [0.15, 0.2) is 18.2 Å². The van der Waals surface area contributed by atoms with E-state index >= 15 is 0 Å². The molecular weight excluding hydrogens is 432 g/mol. The van der Waals surface area contributed by atoms with Crippen LogP contribution in [0.1, 0.15) is 67.2 Å². The van der Waals surface area contributed by atoms with Crippen LogP contribution in [-0.4, -0.2) is 34.2 Å². The molecule has 0 aromatic carbocycles. The molecule has 0 bridgehead atoms. The van der Waals surface area contributed by atoms with E-state index in [4.69, 9.17) is 4.98 Å². The number of aryl methyl sites for hydroxylation is 2. The quantitative estimate of drug-likeness (QED) is 0.606. The highest BCUT2D eigenvalue weighted by Crippen LogP contribution is 2.46. The summed E-state index contributed by atoms with van der Waals surface area (Å²) in [6.07, 6.45) is 3.76. The van der Waals surface area contributed by atoms with Gasteiger partial charge in [-0.3, -0.25) is 9.89 Å². The Morgan fingerprint density at radius 3 is 2.88 bits per heavy atom. The molecule has 3 atom stereocenters. The van der Waals surface area contributed by atoms with Gasteiger partial charge in [0.2, 0.25) is 0 Å². The third-order valence-electron chi connectivity index (χ3n) is 7.42. The number of nitriles is 1. The van der Waals surface area contributed by atoms with Crippen molar-refractivity contribution in [2.45, 2.75) is 45.6 Å². The molecule has 168 valence electrons. The topological polar surface area (TPSA) is 97.7 Å². The van der Waals surface area contributed by atoms with Crippen molar-refractivity contribution in [1.82, 2.24) is 20.5 Å². The number of pyridine rings is 1. The maximum absolute atomic E-state index is 13.0. The SMILES string of the molecule is Cc1nc(N2CC3CC3C2)ccc1Cc1cc(C(=O)N[C@@H]2CCc3c2n[nH]c3C)sc1C#N. The van der Waals surface area contributed by atoms with E-state index in [1.54, 1.807) is 0 Å². The Balaban J connectivity index is 1.18. The van der Waals surface area contributed by atoms with E-state index in [9.17, 15) is 10.1 Å². The number of carbonyl (C=O) groups is 1. The lowest BCUT2D eigenvalue weighted by molar-refractivity contribution is 0.0940. The number of hydrogen-bond acceptors (Lipinski definition) is 6. The van der Waals surface area contributed by atoms with Crippen LogP contribution in [0, 0.1) is 37.0 Å². The third kappa shape index (κ3) is 3.61. The van der Waals surface area contributed by atoms with Crippen LogP contribution in [-0.2, 0) is 12.8 Å². The normalized spacial score (nSPS) is 22.7. The fourth-order valence-electron chi connectivity index (χ4n) is 5.37. The Kier molecular flexibility index (Phi) is 4.77. The number of piperidine rings is 1. The van der Waals surface area contributed by atoms with Crippen LogP contribution < -0.4 is 10.2 Å². The fraction of sp³-hybridized carbons (Fsp3) is 0.440. The number of anilines is 1. The summed E-state index contributed by atoms with van der Waals surface area (Å²) >= 11 is 1.26. The molecule has 0 radical (unpaired) electrons. The van der Waals surface area contributed by atoms with E-state index in [1.807, 2.05) is 19.9 Å². The molecule has 7 nitrogen and oxygen atoms in total. The van der Waals surface area contributed by atoms with Crippen LogP contribution >= 0.6 is 11.3 Å². The number of rotatable bonds is 5. The molecular formula is C25H26N6OS. The Morgan fingerprint density at radius 1 is 1.30 bits per heavy atom. The monoisotopic (exact) mass is 458 g/mol. The van der Waals surface area contributed by atoms with E-state index in [0.717, 1.165) is 71.8 Å². The second-order valence-electron chi connectivity index (χ2n) is 9.61. The first-order chi connectivity index (χ1) is 16.0. The average molecular weight is 459 g/mol. The van der Waals surface area contributed by atoms with Gasteiger partial charge in [-0.1, -0.05) is 6.07 Å². The van der Waals surface area contributed by atoms with Crippen LogP contribution in [0.2, 0.25) is 0 Å². The molecule has 1 saturated heterocycles. The molecule has 3 aliphatic rings. The van der Waals surface area contributed by atoms with Crippen LogP contribution in [0.25, 0.3) is 0 Å². The second kappa shape index (κ2) is 7.70. The largest absolute Gasteiger partial charge is 0.356 e. The van der Waals surface area contributed by atoms with E-state index in [1.165, 1.54) is 23.3 Å². The van der Waals surface area contributed by atoms with E-state index in [2.05, 4.69) is 38.6 Å². The van der Waals surface area contributed by atoms with Crippen LogP contribution in [0.3, 0.4) is 0 Å². The predicted octanol–water partition coefficient (Wildman–Crippen LogP) is 3.82. The predicted molar refractivity (Wildman–Crippen MR) is 126 cm³/mol. The fourth-order valence-corrected chi connectivity index (χ4v) is 6.25. The lowest BCUT2D eigenvalue weighted by Gasteiger charge is -2.20. The molecule has 3 aromatic heterocycles. The summed E-state index contributed by atoms with van der Waals surface area (Å²) in [7, 11) is 0. The van der Waals surface area contributed by atoms with Gasteiger partial charge in [-0.2, -0.15) is 10.4 Å². The van der Waals surface area contributed by atoms with Crippen molar-refractivity contribution >= 4 is 23.1 Å². The third-order valence-corrected chi connectivity index (χ3v) is 8.50. The summed E-state index contributed by atoms with van der Waals surface area (Å²) < 4.78 is 0. The van der Waals surface area contributed by atoms with Gasteiger partial charge in [0, 0.05) is 30.9 Å². The number of carbonyl (C=O) groups excluding carboxylic acids is 1. The number of thiophene rings is 1. The molecule has 3 aromatic rings. The number of aromatic amines is 1.